The number of rotatable bonds is 7. The number of carbonyl (C=O) groups is 1. The summed E-state index contributed by atoms with van der Waals surface area (Å²) in [7, 11) is 0. The Morgan fingerprint density at radius 2 is 2.03 bits per heavy atom. The van der Waals surface area contributed by atoms with E-state index in [9.17, 15) is 22.4 Å². The number of hydrogen-bond donors (Lipinski definition) is 2. The molecule has 1 aliphatic rings. The van der Waals surface area contributed by atoms with Gasteiger partial charge in [0, 0.05) is 13.1 Å². The number of nitrogens with zero attached hydrogens (tertiary/aromatic N) is 2. The van der Waals surface area contributed by atoms with Crippen molar-refractivity contribution >= 4 is 6.03 Å². The lowest BCUT2D eigenvalue weighted by Crippen LogP contribution is -2.55. The first-order chi connectivity index (χ1) is 14.4. The van der Waals surface area contributed by atoms with Crippen LogP contribution in [0, 0.1) is 5.82 Å². The predicted octanol–water partition coefficient (Wildman–Crippen LogP) is 3.23. The second-order valence-corrected chi connectivity index (χ2v) is 6.85. The van der Waals surface area contributed by atoms with Gasteiger partial charge in [-0.05, 0) is 42.8 Å². The minimum absolute atomic E-state index is 0.0130. The monoisotopic (exact) mass is 426 g/mol. The fourth-order valence-corrected chi connectivity index (χ4v) is 3.24. The molecule has 30 heavy (non-hydrogen) atoms. The number of piperidine rings is 1. The van der Waals surface area contributed by atoms with Gasteiger partial charge in [-0.1, -0.05) is 12.1 Å². The normalized spacial score (nSPS) is 18.8. The van der Waals surface area contributed by atoms with E-state index < -0.39 is 30.7 Å². The van der Waals surface area contributed by atoms with Crippen molar-refractivity contribution in [1.29, 1.82) is 0 Å². The largest absolute Gasteiger partial charge is 0.435 e. The summed E-state index contributed by atoms with van der Waals surface area (Å²) < 4.78 is 56.4. The Morgan fingerprint density at radius 1 is 1.27 bits per heavy atom. The maximum absolute atomic E-state index is 14.5. The van der Waals surface area contributed by atoms with Crippen molar-refractivity contribution in [2.24, 2.45) is 0 Å². The Hall–Kier alpha value is -2.88. The van der Waals surface area contributed by atoms with Gasteiger partial charge in [0.1, 0.15) is 17.7 Å². The molecule has 3 rings (SSSR count). The number of urea groups is 1. The van der Waals surface area contributed by atoms with Crippen LogP contribution >= 0.6 is 0 Å². The Kier molecular flexibility index (Phi) is 7.45. The lowest BCUT2D eigenvalue weighted by Gasteiger charge is -2.36. The molecular weight excluding hydrogens is 404 g/mol. The van der Waals surface area contributed by atoms with Gasteiger partial charge in [0.05, 0.1) is 24.5 Å². The Balaban J connectivity index is 1.67. The molecule has 0 spiro atoms. The third-order valence-corrected chi connectivity index (χ3v) is 4.75. The van der Waals surface area contributed by atoms with E-state index in [1.807, 2.05) is 0 Å². The van der Waals surface area contributed by atoms with E-state index in [-0.39, 0.29) is 25.4 Å². The molecular formula is C20H22F4N4O2. The zero-order valence-electron chi connectivity index (χ0n) is 16.0. The summed E-state index contributed by atoms with van der Waals surface area (Å²) in [5.41, 5.74) is 1.10. The number of nitrogens with one attached hydrogen (secondary N) is 2. The second kappa shape index (κ2) is 10.2. The molecule has 0 saturated carbocycles. The maximum Gasteiger partial charge on any atom is 0.387 e. The molecule has 162 valence electrons. The summed E-state index contributed by atoms with van der Waals surface area (Å²) in [6.45, 7) is -2.07. The fourth-order valence-electron chi connectivity index (χ4n) is 3.24. The quantitative estimate of drug-likeness (QED) is 0.668. The first-order valence-electron chi connectivity index (χ1n) is 9.46. The van der Waals surface area contributed by atoms with E-state index in [0.29, 0.717) is 24.2 Å². The molecule has 0 radical (unpaired) electrons. The van der Waals surface area contributed by atoms with Crippen molar-refractivity contribution in [3.63, 3.8) is 0 Å². The van der Waals surface area contributed by atoms with E-state index >= 15 is 0 Å². The summed E-state index contributed by atoms with van der Waals surface area (Å²) in [6, 6.07) is 7.38. The van der Waals surface area contributed by atoms with Crippen molar-refractivity contribution < 1.29 is 27.1 Å². The molecule has 1 aromatic carbocycles. The molecule has 0 bridgehead atoms. The van der Waals surface area contributed by atoms with Gasteiger partial charge in [-0.15, -0.1) is 0 Å². The molecule has 2 aromatic rings. The number of benzene rings is 1. The van der Waals surface area contributed by atoms with Crippen LogP contribution in [0.1, 0.15) is 17.7 Å². The highest BCUT2D eigenvalue weighted by molar-refractivity contribution is 5.74. The molecule has 1 fully saturated rings. The van der Waals surface area contributed by atoms with E-state index in [0.717, 1.165) is 6.20 Å². The van der Waals surface area contributed by atoms with E-state index in [4.69, 9.17) is 0 Å². The molecule has 1 aromatic heterocycles. The second-order valence-electron chi connectivity index (χ2n) is 6.85. The van der Waals surface area contributed by atoms with Crippen molar-refractivity contribution in [2.75, 3.05) is 13.1 Å². The summed E-state index contributed by atoms with van der Waals surface area (Å²) in [4.78, 5) is 18.2. The lowest BCUT2D eigenvalue weighted by atomic mass is 10.0. The number of carbonyl (C=O) groups excluding carboxylic acids is 1. The van der Waals surface area contributed by atoms with Crippen LogP contribution in [0.3, 0.4) is 0 Å². The van der Waals surface area contributed by atoms with Crippen molar-refractivity contribution in [2.45, 2.75) is 38.3 Å². The number of alkyl halides is 3. The highest BCUT2D eigenvalue weighted by atomic mass is 19.3. The molecule has 0 aliphatic carbocycles. The number of ether oxygens (including phenoxy) is 1. The molecule has 2 heterocycles. The van der Waals surface area contributed by atoms with Gasteiger partial charge in [-0.25, -0.2) is 13.6 Å². The maximum atomic E-state index is 14.5. The molecule has 10 heteroatoms. The highest BCUT2D eigenvalue weighted by Gasteiger charge is 2.33. The first-order valence-corrected chi connectivity index (χ1v) is 9.46. The van der Waals surface area contributed by atoms with Crippen LogP contribution in [0.25, 0.3) is 0 Å². The van der Waals surface area contributed by atoms with Gasteiger partial charge < -0.3 is 20.3 Å². The van der Waals surface area contributed by atoms with E-state index in [1.165, 1.54) is 29.2 Å². The van der Waals surface area contributed by atoms with Crippen LogP contribution < -0.4 is 15.4 Å². The number of halogens is 4. The standard InChI is InChI=1S/C20H22F4N4O2/c21-14-3-4-15(26-10-14)12-28(18-7-8-25-11-17(18)22)20(29)27-9-13-1-5-16(6-2-13)30-19(23)24/h1-6,10,17-19,25H,7-9,11-12H2,(H,27,29)/t17-,18+/m0/s1. The minimum Gasteiger partial charge on any atom is -0.435 e. The predicted molar refractivity (Wildman–Crippen MR) is 101 cm³/mol. The van der Waals surface area contributed by atoms with Gasteiger partial charge in [-0.2, -0.15) is 8.78 Å². The Bertz CT molecular complexity index is 821. The van der Waals surface area contributed by atoms with Crippen LogP contribution in [0.2, 0.25) is 0 Å². The molecule has 6 nitrogen and oxygen atoms in total. The lowest BCUT2D eigenvalue weighted by molar-refractivity contribution is -0.0498. The summed E-state index contributed by atoms with van der Waals surface area (Å²) in [6.07, 6.45) is 0.218. The molecule has 1 saturated heterocycles. The van der Waals surface area contributed by atoms with Crippen molar-refractivity contribution in [1.82, 2.24) is 20.5 Å². The SMILES string of the molecule is O=C(NCc1ccc(OC(F)F)cc1)N(Cc1ccc(F)cn1)[C@@H]1CCNC[C@@H]1F. The number of pyridine rings is 1. The van der Waals surface area contributed by atoms with Crippen molar-refractivity contribution in [3.05, 3.63) is 59.7 Å². The molecule has 2 N–H and O–H groups in total. The van der Waals surface area contributed by atoms with Gasteiger partial charge in [0.2, 0.25) is 0 Å². The molecule has 2 atom stereocenters. The zero-order valence-corrected chi connectivity index (χ0v) is 16.0. The van der Waals surface area contributed by atoms with Crippen LogP contribution in [0.15, 0.2) is 42.6 Å². The highest BCUT2D eigenvalue weighted by Crippen LogP contribution is 2.19. The van der Waals surface area contributed by atoms with Gasteiger partial charge in [0.15, 0.2) is 0 Å². The smallest absolute Gasteiger partial charge is 0.387 e. The fraction of sp³-hybridized carbons (Fsp3) is 0.400. The van der Waals surface area contributed by atoms with E-state index in [1.54, 1.807) is 12.1 Å². The molecule has 0 unspecified atom stereocenters. The third kappa shape index (κ3) is 6.06. The van der Waals surface area contributed by atoms with E-state index in [2.05, 4.69) is 20.4 Å². The Labute approximate surface area is 171 Å². The summed E-state index contributed by atoms with van der Waals surface area (Å²) in [5.74, 6) is -0.488. The third-order valence-electron chi connectivity index (χ3n) is 4.75. The van der Waals surface area contributed by atoms with Gasteiger partial charge in [0.25, 0.3) is 0 Å². The minimum atomic E-state index is -2.91. The molecule has 2 amide bonds. The van der Waals surface area contributed by atoms with Gasteiger partial charge in [-0.3, -0.25) is 4.98 Å². The topological polar surface area (TPSA) is 66.5 Å². The number of aromatic nitrogens is 1. The van der Waals surface area contributed by atoms with Crippen LogP contribution in [-0.4, -0.2) is 47.8 Å². The van der Waals surface area contributed by atoms with Crippen LogP contribution in [0.5, 0.6) is 5.75 Å². The van der Waals surface area contributed by atoms with Gasteiger partial charge >= 0.3 is 12.6 Å². The zero-order chi connectivity index (χ0) is 21.5. The summed E-state index contributed by atoms with van der Waals surface area (Å²) >= 11 is 0. The van der Waals surface area contributed by atoms with Crippen molar-refractivity contribution in [3.8, 4) is 5.75 Å². The van der Waals surface area contributed by atoms with Crippen LogP contribution in [-0.2, 0) is 13.1 Å². The average molecular weight is 426 g/mol. The van der Waals surface area contributed by atoms with Crippen LogP contribution in [0.4, 0.5) is 22.4 Å². The molecule has 1 aliphatic heterocycles. The summed E-state index contributed by atoms with van der Waals surface area (Å²) in [5, 5.41) is 5.66. The average Bonchev–Trinajstić information content (AvgIpc) is 2.73. The number of amides is 2. The first kappa shape index (κ1) is 21.8. The number of hydrogen-bond acceptors (Lipinski definition) is 4. The Morgan fingerprint density at radius 3 is 2.67 bits per heavy atom.